The van der Waals surface area contributed by atoms with Crippen molar-refractivity contribution >= 4 is 15.9 Å². The number of alkyl halides is 1. The van der Waals surface area contributed by atoms with Gasteiger partial charge in [0.25, 0.3) is 0 Å². The van der Waals surface area contributed by atoms with Gasteiger partial charge in [-0.15, -0.1) is 0 Å². The summed E-state index contributed by atoms with van der Waals surface area (Å²) in [6, 6.07) is 0. The SMILES string of the molecule is CC(C)(CCBr)CCCCCCO. The van der Waals surface area contributed by atoms with E-state index in [1.165, 1.54) is 32.1 Å². The fourth-order valence-electron chi connectivity index (χ4n) is 1.45. The van der Waals surface area contributed by atoms with Crippen LogP contribution in [0.2, 0.25) is 0 Å². The van der Waals surface area contributed by atoms with E-state index in [9.17, 15) is 0 Å². The van der Waals surface area contributed by atoms with Crippen LogP contribution in [0.4, 0.5) is 0 Å². The Morgan fingerprint density at radius 1 is 1.00 bits per heavy atom. The Morgan fingerprint density at radius 3 is 2.15 bits per heavy atom. The Hall–Kier alpha value is 0.440. The number of hydrogen-bond acceptors (Lipinski definition) is 1. The van der Waals surface area contributed by atoms with Gasteiger partial charge in [0, 0.05) is 11.9 Å². The topological polar surface area (TPSA) is 20.2 Å². The van der Waals surface area contributed by atoms with Gasteiger partial charge in [-0.05, 0) is 24.7 Å². The van der Waals surface area contributed by atoms with Crippen LogP contribution in [0.5, 0.6) is 0 Å². The largest absolute Gasteiger partial charge is 0.396 e. The van der Waals surface area contributed by atoms with Crippen LogP contribution in [0.3, 0.4) is 0 Å². The first kappa shape index (κ1) is 13.4. The predicted octanol–water partition coefficient (Wildman–Crippen LogP) is 3.74. The van der Waals surface area contributed by atoms with E-state index in [-0.39, 0.29) is 0 Å². The number of halogens is 1. The lowest BCUT2D eigenvalue weighted by Gasteiger charge is -2.23. The molecule has 0 amide bonds. The van der Waals surface area contributed by atoms with Crippen molar-refractivity contribution in [1.29, 1.82) is 0 Å². The molecule has 0 atom stereocenters. The van der Waals surface area contributed by atoms with Gasteiger partial charge in [0.2, 0.25) is 0 Å². The van der Waals surface area contributed by atoms with Crippen molar-refractivity contribution in [3.8, 4) is 0 Å². The van der Waals surface area contributed by atoms with Gasteiger partial charge in [0.1, 0.15) is 0 Å². The van der Waals surface area contributed by atoms with Crippen LogP contribution >= 0.6 is 15.9 Å². The van der Waals surface area contributed by atoms with Crippen LogP contribution in [-0.2, 0) is 0 Å². The van der Waals surface area contributed by atoms with Crippen LogP contribution in [0.15, 0.2) is 0 Å². The third-order valence-electron chi connectivity index (χ3n) is 2.53. The molecule has 0 aliphatic rings. The van der Waals surface area contributed by atoms with Gasteiger partial charge in [-0.3, -0.25) is 0 Å². The molecule has 0 aliphatic heterocycles. The lowest BCUT2D eigenvalue weighted by atomic mass is 9.84. The minimum absolute atomic E-state index is 0.352. The molecule has 0 radical (unpaired) electrons. The van der Waals surface area contributed by atoms with E-state index in [0.29, 0.717) is 12.0 Å². The summed E-state index contributed by atoms with van der Waals surface area (Å²) in [6.07, 6.45) is 7.29. The first-order valence-electron chi connectivity index (χ1n) is 5.29. The normalized spacial score (nSPS) is 12.0. The van der Waals surface area contributed by atoms with Crippen molar-refractivity contribution in [2.24, 2.45) is 5.41 Å². The zero-order chi connectivity index (χ0) is 10.2. The van der Waals surface area contributed by atoms with Gasteiger partial charge >= 0.3 is 0 Å². The number of aliphatic hydroxyl groups excluding tert-OH is 1. The summed E-state index contributed by atoms with van der Waals surface area (Å²) < 4.78 is 0. The lowest BCUT2D eigenvalue weighted by Crippen LogP contribution is -2.11. The van der Waals surface area contributed by atoms with Gasteiger partial charge < -0.3 is 5.11 Å². The molecule has 0 unspecified atom stereocenters. The second-order valence-corrected chi connectivity index (χ2v) is 5.28. The van der Waals surface area contributed by atoms with Gasteiger partial charge in [0.15, 0.2) is 0 Å². The molecular formula is C11H23BrO. The maximum absolute atomic E-state index is 8.60. The molecule has 0 spiro atoms. The molecule has 0 aliphatic carbocycles. The minimum atomic E-state index is 0.352. The van der Waals surface area contributed by atoms with Gasteiger partial charge in [-0.25, -0.2) is 0 Å². The molecule has 0 rings (SSSR count). The Bertz CT molecular complexity index is 113. The van der Waals surface area contributed by atoms with Crippen LogP contribution < -0.4 is 0 Å². The van der Waals surface area contributed by atoms with Crippen LogP contribution in [0, 0.1) is 5.41 Å². The lowest BCUT2D eigenvalue weighted by molar-refractivity contribution is 0.275. The third kappa shape index (κ3) is 8.76. The summed E-state index contributed by atoms with van der Waals surface area (Å²) >= 11 is 3.49. The third-order valence-corrected chi connectivity index (χ3v) is 2.93. The molecule has 80 valence electrons. The predicted molar refractivity (Wildman–Crippen MR) is 62.4 cm³/mol. The molecule has 0 fully saturated rings. The van der Waals surface area contributed by atoms with E-state index in [1.807, 2.05) is 0 Å². The molecule has 0 aromatic carbocycles. The number of rotatable bonds is 8. The van der Waals surface area contributed by atoms with Crippen molar-refractivity contribution in [1.82, 2.24) is 0 Å². The molecule has 0 saturated carbocycles. The van der Waals surface area contributed by atoms with Crippen molar-refractivity contribution in [3.05, 3.63) is 0 Å². The van der Waals surface area contributed by atoms with Crippen molar-refractivity contribution in [3.63, 3.8) is 0 Å². The molecular weight excluding hydrogens is 228 g/mol. The highest BCUT2D eigenvalue weighted by Gasteiger charge is 2.15. The van der Waals surface area contributed by atoms with Crippen LogP contribution in [-0.4, -0.2) is 17.0 Å². The number of hydrogen-bond donors (Lipinski definition) is 1. The average molecular weight is 251 g/mol. The van der Waals surface area contributed by atoms with Crippen molar-refractivity contribution in [2.45, 2.75) is 52.4 Å². The zero-order valence-electron chi connectivity index (χ0n) is 8.98. The first-order chi connectivity index (χ1) is 6.12. The van der Waals surface area contributed by atoms with Crippen molar-refractivity contribution in [2.75, 3.05) is 11.9 Å². The van der Waals surface area contributed by atoms with Gasteiger partial charge in [-0.2, -0.15) is 0 Å². The summed E-state index contributed by atoms with van der Waals surface area (Å²) in [5, 5.41) is 9.71. The molecule has 13 heavy (non-hydrogen) atoms. The second-order valence-electron chi connectivity index (χ2n) is 4.49. The van der Waals surface area contributed by atoms with Gasteiger partial charge in [-0.1, -0.05) is 49.0 Å². The average Bonchev–Trinajstić information content (AvgIpc) is 2.04. The molecule has 2 heteroatoms. The van der Waals surface area contributed by atoms with Crippen LogP contribution in [0.1, 0.15) is 52.4 Å². The number of unbranched alkanes of at least 4 members (excludes halogenated alkanes) is 3. The van der Waals surface area contributed by atoms with E-state index in [2.05, 4.69) is 29.8 Å². The summed E-state index contributed by atoms with van der Waals surface area (Å²) in [5.74, 6) is 0. The van der Waals surface area contributed by atoms with E-state index < -0.39 is 0 Å². The molecule has 1 N–H and O–H groups in total. The van der Waals surface area contributed by atoms with E-state index in [4.69, 9.17) is 5.11 Å². The molecule has 1 nitrogen and oxygen atoms in total. The fraction of sp³-hybridized carbons (Fsp3) is 1.00. The summed E-state index contributed by atoms with van der Waals surface area (Å²) in [5.41, 5.74) is 0.489. The highest BCUT2D eigenvalue weighted by molar-refractivity contribution is 9.09. The highest BCUT2D eigenvalue weighted by atomic mass is 79.9. The Kier molecular flexibility index (Phi) is 8.07. The zero-order valence-corrected chi connectivity index (χ0v) is 10.6. The quantitative estimate of drug-likeness (QED) is 0.514. The standard InChI is InChI=1S/C11H23BrO/c1-11(2,8-9-12)7-5-3-4-6-10-13/h13H,3-10H2,1-2H3. The fourth-order valence-corrected chi connectivity index (χ4v) is 2.52. The minimum Gasteiger partial charge on any atom is -0.396 e. The Labute approximate surface area is 91.1 Å². The van der Waals surface area contributed by atoms with E-state index in [0.717, 1.165) is 11.8 Å². The maximum Gasteiger partial charge on any atom is 0.0431 e. The van der Waals surface area contributed by atoms with E-state index in [1.54, 1.807) is 0 Å². The molecule has 0 aromatic heterocycles. The smallest absolute Gasteiger partial charge is 0.0431 e. The summed E-state index contributed by atoms with van der Waals surface area (Å²) in [7, 11) is 0. The van der Waals surface area contributed by atoms with E-state index >= 15 is 0 Å². The molecule has 0 heterocycles. The summed E-state index contributed by atoms with van der Waals surface area (Å²) in [6.45, 7) is 5.02. The Morgan fingerprint density at radius 2 is 1.62 bits per heavy atom. The number of aliphatic hydroxyl groups is 1. The maximum atomic E-state index is 8.60. The second kappa shape index (κ2) is 7.81. The molecule has 0 saturated heterocycles. The molecule has 0 bridgehead atoms. The van der Waals surface area contributed by atoms with Crippen molar-refractivity contribution < 1.29 is 5.11 Å². The first-order valence-corrected chi connectivity index (χ1v) is 6.41. The summed E-state index contributed by atoms with van der Waals surface area (Å²) in [4.78, 5) is 0. The Balaban J connectivity index is 3.29. The molecule has 0 aromatic rings. The van der Waals surface area contributed by atoms with Crippen LogP contribution in [0.25, 0.3) is 0 Å². The van der Waals surface area contributed by atoms with Gasteiger partial charge in [0.05, 0.1) is 0 Å². The highest BCUT2D eigenvalue weighted by Crippen LogP contribution is 2.28. The monoisotopic (exact) mass is 250 g/mol.